The third-order valence-electron chi connectivity index (χ3n) is 0. The first-order chi connectivity index (χ1) is 2.00. The fraction of sp³-hybridized carbons (Fsp3) is 0. The zero-order valence-electron chi connectivity index (χ0n) is 4.61. The Hall–Kier alpha value is 3.12. The van der Waals surface area contributed by atoms with Crippen molar-refractivity contribution < 1.29 is 23.0 Å². The quantitative estimate of drug-likeness (QED) is 0.250. The Bertz CT molecular complexity index is 98.1. The van der Waals surface area contributed by atoms with Crippen molar-refractivity contribution in [2.24, 2.45) is 0 Å². The fourth-order valence-electron chi connectivity index (χ4n) is 0. The molecule has 0 unspecified atom stereocenters. The predicted octanol–water partition coefficient (Wildman–Crippen LogP) is -2.66. The fourth-order valence-corrected chi connectivity index (χ4v) is 0. The number of hydrogen-bond acceptors (Lipinski definition) is 5. The van der Waals surface area contributed by atoms with Gasteiger partial charge in [0.2, 0.25) is 0 Å². The summed E-state index contributed by atoms with van der Waals surface area (Å²) in [6.07, 6.45) is 0. The molecule has 0 radical (unpaired) electrons. The molecule has 1 N–H and O–H groups in total. The van der Waals surface area contributed by atoms with Crippen molar-refractivity contribution in [3.05, 3.63) is 0 Å². The van der Waals surface area contributed by atoms with Gasteiger partial charge in [0.05, 0.1) is 0 Å². The van der Waals surface area contributed by atoms with Crippen LogP contribution in [0.1, 0.15) is 0 Å². The van der Waals surface area contributed by atoms with E-state index in [4.69, 9.17) is 17.5 Å². The number of rotatable bonds is 0. The molecule has 0 saturated carbocycles. The Balaban J connectivity index is -0.0000000133. The van der Waals surface area contributed by atoms with Gasteiger partial charge in [0, 0.05) is 10.4 Å². The largest absolute Gasteiger partial charge is 2.00 e. The van der Waals surface area contributed by atoms with Crippen LogP contribution in [0.4, 0.5) is 0 Å². The normalized spacial score (nSPS) is 6.44. The molecule has 0 aliphatic rings. The van der Waals surface area contributed by atoms with Crippen molar-refractivity contribution in [1.82, 2.24) is 0 Å². The van der Waals surface area contributed by atoms with Crippen LogP contribution in [0.25, 0.3) is 0 Å². The molecule has 40 valence electrons. The van der Waals surface area contributed by atoms with Gasteiger partial charge in [-0.05, 0) is 0 Å². The van der Waals surface area contributed by atoms with E-state index in [9.17, 15) is 0 Å². The standard InChI is InChI=1S/2Ca.Mg.H2O4S.H2O/c;;;1-5(2,3)4;/h;;;(H2,1,2,3,4);1H2/q3*+2;;/p-3. The minimum absolute atomic E-state index is 0. The molecule has 0 atom stereocenters. The van der Waals surface area contributed by atoms with E-state index in [1.165, 1.54) is 0 Å². The SMILES string of the molecule is O=S(=O)([O-])[O-].[Ca+2].[Ca+2].[Mg+2].[OH-]. The zero-order chi connectivity index (χ0) is 4.50. The van der Waals surface area contributed by atoms with Gasteiger partial charge < -0.3 is 14.6 Å². The molecule has 0 aromatic heterocycles. The van der Waals surface area contributed by atoms with Gasteiger partial charge in [0.15, 0.2) is 0 Å². The maximum atomic E-state index is 8.52. The van der Waals surface area contributed by atoms with E-state index in [2.05, 4.69) is 0 Å². The van der Waals surface area contributed by atoms with Gasteiger partial charge in [0.25, 0.3) is 0 Å². The Morgan fingerprint density at radius 2 is 1.00 bits per heavy atom. The molecule has 0 aliphatic carbocycles. The minimum atomic E-state index is -5.17. The summed E-state index contributed by atoms with van der Waals surface area (Å²) in [6, 6.07) is 0. The molecule has 0 aliphatic heterocycles. The van der Waals surface area contributed by atoms with Crippen LogP contribution in [-0.4, -0.2) is 122 Å². The molecule has 0 rings (SSSR count). The monoisotopic (exact) mass is 217 g/mol. The summed E-state index contributed by atoms with van der Waals surface area (Å²) in [7, 11) is -5.17. The molecular formula is HCa2MgO5S+3. The van der Waals surface area contributed by atoms with Crippen LogP contribution in [0.15, 0.2) is 0 Å². The van der Waals surface area contributed by atoms with E-state index in [0.29, 0.717) is 0 Å². The molecule has 0 bridgehead atoms. The van der Waals surface area contributed by atoms with Gasteiger partial charge in [-0.3, -0.25) is 8.42 Å². The molecule has 0 fully saturated rings. The average Bonchev–Trinajstić information content (AvgIpc) is 0.722. The molecule has 0 heterocycles. The first kappa shape index (κ1) is 29.6. The maximum Gasteiger partial charge on any atom is 2.00 e. The Labute approximate surface area is 129 Å². The van der Waals surface area contributed by atoms with Gasteiger partial charge in [-0.15, -0.1) is 0 Å². The molecule has 0 saturated heterocycles. The van der Waals surface area contributed by atoms with Crippen LogP contribution >= 0.6 is 0 Å². The molecular weight excluding hydrogens is 217 g/mol. The van der Waals surface area contributed by atoms with Crippen molar-refractivity contribution in [3.8, 4) is 0 Å². The van der Waals surface area contributed by atoms with Crippen molar-refractivity contribution in [2.75, 3.05) is 0 Å². The molecule has 0 spiro atoms. The predicted molar refractivity (Wildman–Crippen MR) is 29.7 cm³/mol. The van der Waals surface area contributed by atoms with Crippen LogP contribution in [0.3, 0.4) is 0 Å². The molecule has 0 amide bonds. The van der Waals surface area contributed by atoms with Crippen molar-refractivity contribution in [1.29, 1.82) is 0 Å². The van der Waals surface area contributed by atoms with E-state index in [0.717, 1.165) is 0 Å². The molecule has 9 heavy (non-hydrogen) atoms. The van der Waals surface area contributed by atoms with Crippen LogP contribution in [0.2, 0.25) is 0 Å². The van der Waals surface area contributed by atoms with E-state index >= 15 is 0 Å². The summed E-state index contributed by atoms with van der Waals surface area (Å²) in [5.74, 6) is 0. The summed E-state index contributed by atoms with van der Waals surface area (Å²) in [4.78, 5) is 0. The molecule has 0 aromatic carbocycles. The summed E-state index contributed by atoms with van der Waals surface area (Å²) in [6.45, 7) is 0. The Kier molecular flexibility index (Phi) is 45.0. The second-order valence-electron chi connectivity index (χ2n) is 0.408. The Morgan fingerprint density at radius 3 is 1.00 bits per heavy atom. The van der Waals surface area contributed by atoms with Crippen LogP contribution < -0.4 is 0 Å². The summed E-state index contributed by atoms with van der Waals surface area (Å²) < 4.78 is 34.1. The number of hydrogen-bond donors (Lipinski definition) is 0. The third kappa shape index (κ3) is 95.1. The van der Waals surface area contributed by atoms with Crippen LogP contribution in [-0.2, 0) is 10.4 Å². The topological polar surface area (TPSA) is 110 Å². The molecule has 0 aromatic rings. The molecule has 9 heteroatoms. The van der Waals surface area contributed by atoms with E-state index in [1.807, 2.05) is 0 Å². The zero-order valence-corrected chi connectivity index (χ0v) is 11.3. The van der Waals surface area contributed by atoms with E-state index in [-0.39, 0.29) is 104 Å². The summed E-state index contributed by atoms with van der Waals surface area (Å²) >= 11 is 0. The van der Waals surface area contributed by atoms with Gasteiger partial charge in [0.1, 0.15) is 0 Å². The van der Waals surface area contributed by atoms with Gasteiger partial charge in [-0.25, -0.2) is 0 Å². The van der Waals surface area contributed by atoms with Gasteiger partial charge in [-0.1, -0.05) is 0 Å². The third-order valence-corrected chi connectivity index (χ3v) is 0. The maximum absolute atomic E-state index is 8.52. The summed E-state index contributed by atoms with van der Waals surface area (Å²) in [5, 5.41) is 0. The first-order valence-corrected chi connectivity index (χ1v) is 2.00. The van der Waals surface area contributed by atoms with Gasteiger partial charge in [-0.2, -0.15) is 0 Å². The van der Waals surface area contributed by atoms with Crippen molar-refractivity contribution in [2.45, 2.75) is 0 Å². The first-order valence-electron chi connectivity index (χ1n) is 0.667. The Morgan fingerprint density at radius 1 is 1.00 bits per heavy atom. The van der Waals surface area contributed by atoms with E-state index in [1.54, 1.807) is 0 Å². The average molecular weight is 218 g/mol. The van der Waals surface area contributed by atoms with Crippen LogP contribution in [0, 0.1) is 0 Å². The van der Waals surface area contributed by atoms with Gasteiger partial charge >= 0.3 is 98.5 Å². The second kappa shape index (κ2) is 13.7. The minimum Gasteiger partial charge on any atom is -0.870 e. The second-order valence-corrected chi connectivity index (χ2v) is 1.22. The van der Waals surface area contributed by atoms with E-state index < -0.39 is 10.4 Å². The summed E-state index contributed by atoms with van der Waals surface area (Å²) in [5.41, 5.74) is 0. The van der Waals surface area contributed by atoms with Crippen molar-refractivity contribution >= 4 is 109 Å². The van der Waals surface area contributed by atoms with Crippen LogP contribution in [0.5, 0.6) is 0 Å². The molecule has 5 nitrogen and oxygen atoms in total. The smallest absolute Gasteiger partial charge is 0.870 e. The van der Waals surface area contributed by atoms with Crippen molar-refractivity contribution in [3.63, 3.8) is 0 Å².